The van der Waals surface area contributed by atoms with E-state index < -0.39 is 52.7 Å². The minimum absolute atomic E-state index is 2.39. The fraction of sp³-hybridized carbons (Fsp3) is 0. The van der Waals surface area contributed by atoms with Gasteiger partial charge in [-0.3, -0.25) is 0 Å². The molecule has 0 bridgehead atoms. The predicted molar refractivity (Wildman–Crippen MR) is 40.8 cm³/mol. The maximum Gasteiger partial charge on any atom is 0.370 e. The summed E-state index contributed by atoms with van der Waals surface area (Å²) < 4.78 is 112. The summed E-state index contributed by atoms with van der Waals surface area (Å²) in [7, 11) is 0. The Bertz CT molecular complexity index is 488. The van der Waals surface area contributed by atoms with E-state index >= 15 is 0 Å². The van der Waals surface area contributed by atoms with Crippen molar-refractivity contribution < 1.29 is 39.5 Å². The molecule has 99 valence electrons. The van der Waals surface area contributed by atoms with E-state index in [1.165, 1.54) is 0 Å². The summed E-state index contributed by atoms with van der Waals surface area (Å²) >= 11 is 0. The van der Waals surface area contributed by atoms with Crippen molar-refractivity contribution in [3.05, 3.63) is 46.9 Å². The maximum atomic E-state index is 12.9. The van der Waals surface area contributed by atoms with Crippen molar-refractivity contribution in [2.24, 2.45) is 0 Å². The second kappa shape index (κ2) is 4.91. The van der Waals surface area contributed by atoms with E-state index in [9.17, 15) is 39.5 Å². The molecule has 0 heterocycles. The molecular formula is C9F9. The van der Waals surface area contributed by atoms with Crippen molar-refractivity contribution >= 4 is 5.83 Å². The van der Waals surface area contributed by atoms with Crippen LogP contribution in [0.25, 0.3) is 5.83 Å². The third-order valence-electron chi connectivity index (χ3n) is 1.79. The van der Waals surface area contributed by atoms with E-state index in [0.717, 1.165) is 0 Å². The van der Waals surface area contributed by atoms with Crippen molar-refractivity contribution in [2.45, 2.75) is 0 Å². The summed E-state index contributed by atoms with van der Waals surface area (Å²) in [5, 5.41) is 0. The van der Waals surface area contributed by atoms with Crippen LogP contribution in [0.15, 0.2) is 5.83 Å². The summed E-state index contributed by atoms with van der Waals surface area (Å²) in [4.78, 5) is 0. The van der Waals surface area contributed by atoms with Gasteiger partial charge < -0.3 is 0 Å². The first-order valence-electron chi connectivity index (χ1n) is 3.95. The van der Waals surface area contributed by atoms with Gasteiger partial charge >= 0.3 is 6.43 Å². The summed E-state index contributed by atoms with van der Waals surface area (Å²) in [6.45, 7) is 0. The van der Waals surface area contributed by atoms with Crippen molar-refractivity contribution in [3.8, 4) is 0 Å². The van der Waals surface area contributed by atoms with Gasteiger partial charge in [0.05, 0.1) is 5.56 Å². The molecule has 0 aliphatic rings. The zero-order valence-electron chi connectivity index (χ0n) is 7.90. The minimum atomic E-state index is -3.31. The molecule has 0 saturated heterocycles. The van der Waals surface area contributed by atoms with Gasteiger partial charge in [-0.15, -0.1) is 0 Å². The van der Waals surface area contributed by atoms with Crippen LogP contribution in [0.5, 0.6) is 0 Å². The molecule has 0 nitrogen and oxygen atoms in total. The highest BCUT2D eigenvalue weighted by Gasteiger charge is 2.32. The Hall–Kier alpha value is -1.67. The summed E-state index contributed by atoms with van der Waals surface area (Å²) in [6, 6.07) is 0. The van der Waals surface area contributed by atoms with E-state index in [2.05, 4.69) is 0 Å². The molecule has 0 N–H and O–H groups in total. The summed E-state index contributed by atoms with van der Waals surface area (Å²) in [5.74, 6) is -19.2. The number of hydrogen-bond acceptors (Lipinski definition) is 0. The number of rotatable bonds is 2. The Morgan fingerprint density at radius 2 is 0.889 bits per heavy atom. The summed E-state index contributed by atoms with van der Waals surface area (Å²) in [5.41, 5.74) is -2.39. The molecule has 0 aliphatic carbocycles. The van der Waals surface area contributed by atoms with Crippen LogP contribution in [0, 0.1) is 35.5 Å². The lowest BCUT2D eigenvalue weighted by molar-refractivity contribution is 0.280. The van der Waals surface area contributed by atoms with E-state index in [4.69, 9.17) is 0 Å². The number of halogens is 9. The lowest BCUT2D eigenvalue weighted by Gasteiger charge is -2.06. The van der Waals surface area contributed by atoms with Crippen molar-refractivity contribution in [3.63, 3.8) is 0 Å². The highest BCUT2D eigenvalue weighted by Crippen LogP contribution is 2.34. The lowest BCUT2D eigenvalue weighted by Crippen LogP contribution is -2.06. The topological polar surface area (TPSA) is 0 Å². The van der Waals surface area contributed by atoms with Crippen molar-refractivity contribution in [1.82, 2.24) is 0 Å². The predicted octanol–water partition coefficient (Wildman–Crippen LogP) is 4.42. The van der Waals surface area contributed by atoms with E-state index in [-0.39, 0.29) is 0 Å². The van der Waals surface area contributed by atoms with Crippen LogP contribution in [0.2, 0.25) is 0 Å². The highest BCUT2D eigenvalue weighted by atomic mass is 19.3. The Balaban J connectivity index is 3.67. The molecular weight excluding hydrogens is 279 g/mol. The Morgan fingerprint density at radius 3 is 1.22 bits per heavy atom. The van der Waals surface area contributed by atoms with E-state index in [1.54, 1.807) is 0 Å². The van der Waals surface area contributed by atoms with Crippen LogP contribution < -0.4 is 0 Å². The molecule has 0 amide bonds. The second-order valence-corrected chi connectivity index (χ2v) is 2.83. The largest absolute Gasteiger partial charge is 0.370 e. The molecule has 9 heteroatoms. The first-order valence-corrected chi connectivity index (χ1v) is 3.95. The first-order chi connectivity index (χ1) is 8.20. The highest BCUT2D eigenvalue weighted by molar-refractivity contribution is 5.64. The van der Waals surface area contributed by atoms with Gasteiger partial charge in [-0.1, -0.05) is 0 Å². The van der Waals surface area contributed by atoms with Crippen LogP contribution >= 0.6 is 0 Å². The van der Waals surface area contributed by atoms with Crippen molar-refractivity contribution in [1.29, 1.82) is 0 Å². The fourth-order valence-corrected chi connectivity index (χ4v) is 0.990. The van der Waals surface area contributed by atoms with Gasteiger partial charge in [0.25, 0.3) is 0 Å². The lowest BCUT2D eigenvalue weighted by atomic mass is 10.1. The van der Waals surface area contributed by atoms with Gasteiger partial charge in [-0.2, -0.15) is 8.78 Å². The van der Waals surface area contributed by atoms with Crippen LogP contribution in [0.1, 0.15) is 5.56 Å². The maximum absolute atomic E-state index is 12.9. The molecule has 18 heavy (non-hydrogen) atoms. The van der Waals surface area contributed by atoms with Crippen molar-refractivity contribution in [2.75, 3.05) is 0 Å². The molecule has 0 fully saturated rings. The zero-order valence-corrected chi connectivity index (χ0v) is 7.90. The van der Waals surface area contributed by atoms with Crippen LogP contribution in [-0.4, -0.2) is 0 Å². The molecule has 1 rings (SSSR count). The SMILES string of the molecule is F[C](F)C(F)=C(F)c1c(F)c(F)c(F)c(F)c1F. The monoisotopic (exact) mass is 279 g/mol. The fourth-order valence-electron chi connectivity index (χ4n) is 0.990. The van der Waals surface area contributed by atoms with Crippen LogP contribution in [-0.2, 0) is 0 Å². The number of benzene rings is 1. The average Bonchev–Trinajstić information content (AvgIpc) is 2.32. The van der Waals surface area contributed by atoms with Gasteiger partial charge in [0.2, 0.25) is 11.6 Å². The van der Waals surface area contributed by atoms with Gasteiger partial charge in [0.15, 0.2) is 29.1 Å². The van der Waals surface area contributed by atoms with Gasteiger partial charge in [-0.25, -0.2) is 30.7 Å². The van der Waals surface area contributed by atoms with Gasteiger partial charge in [0, 0.05) is 0 Å². The van der Waals surface area contributed by atoms with Gasteiger partial charge in [-0.05, 0) is 0 Å². The summed E-state index contributed by atoms with van der Waals surface area (Å²) in [6.07, 6.45) is -3.31. The van der Waals surface area contributed by atoms with Crippen LogP contribution in [0.3, 0.4) is 0 Å². The van der Waals surface area contributed by atoms with E-state index in [1.807, 2.05) is 0 Å². The molecule has 0 unspecified atom stereocenters. The molecule has 0 saturated carbocycles. The molecule has 0 spiro atoms. The Morgan fingerprint density at radius 1 is 0.556 bits per heavy atom. The smallest absolute Gasteiger partial charge is 0.203 e. The quantitative estimate of drug-likeness (QED) is 0.427. The number of hydrogen-bond donors (Lipinski definition) is 0. The number of allylic oxidation sites excluding steroid dienone is 1. The third-order valence-corrected chi connectivity index (χ3v) is 1.79. The molecule has 0 aromatic heterocycles. The van der Waals surface area contributed by atoms with Crippen LogP contribution in [0.4, 0.5) is 39.5 Å². The Labute approximate surface area is 93.3 Å². The molecule has 0 aliphatic heterocycles. The molecule has 1 radical (unpaired) electrons. The Kier molecular flexibility index (Phi) is 3.92. The first kappa shape index (κ1) is 14.4. The molecule has 0 atom stereocenters. The normalized spacial score (nSPS) is 13.0. The standard InChI is InChI=1S/C9F9/c10-2-1(4(12)8(16)9(17)18)3(11)6(14)7(15)5(2)13. The van der Waals surface area contributed by atoms with E-state index in [0.29, 0.717) is 0 Å². The average molecular weight is 279 g/mol. The third kappa shape index (κ3) is 2.16. The zero-order chi connectivity index (χ0) is 14.2. The molecule has 1 aromatic carbocycles. The molecule has 1 aromatic rings. The van der Waals surface area contributed by atoms with Gasteiger partial charge in [0.1, 0.15) is 0 Å². The minimum Gasteiger partial charge on any atom is -0.203 e. The second-order valence-electron chi connectivity index (χ2n) is 2.83.